The molecule has 0 spiro atoms. The van der Waals surface area contributed by atoms with Gasteiger partial charge in [-0.25, -0.2) is 22.8 Å². The Morgan fingerprint density at radius 2 is 1.67 bits per heavy atom. The number of methoxy groups -OCH3 is 1. The van der Waals surface area contributed by atoms with Gasteiger partial charge in [-0.1, -0.05) is 66.2 Å². The number of hydrogen-bond acceptors (Lipinski definition) is 7. The first kappa shape index (κ1) is 34.5. The predicted molar refractivity (Wildman–Crippen MR) is 189 cm³/mol. The van der Waals surface area contributed by atoms with Crippen molar-refractivity contribution in [3.63, 3.8) is 0 Å². The standard InChI is InChI=1S/C34H31BrClN5O6S/c1-23-32(34(43)41(39(23)2)26-13-6-4-7-14-26)40(48(44,45)27-15-8-5-9-16-27)21-31(42)38-37-20-24-18-28(35)33(30(19-24)46-3)47-22-25-12-10-11-17-29(25)36/h4-20H,21-22H2,1-3H3,(H,38,42)/b37-20-. The number of nitrogens with one attached hydrogen (secondary N) is 1. The van der Waals surface area contributed by atoms with Crippen LogP contribution < -0.4 is 24.8 Å². The molecule has 0 aliphatic heterocycles. The summed E-state index contributed by atoms with van der Waals surface area (Å²) in [5.41, 5.74) is 3.83. The van der Waals surface area contributed by atoms with Gasteiger partial charge in [0.1, 0.15) is 18.8 Å². The molecule has 1 amide bonds. The number of para-hydroxylation sites is 1. The van der Waals surface area contributed by atoms with Crippen LogP contribution in [0, 0.1) is 6.92 Å². The van der Waals surface area contributed by atoms with Crippen LogP contribution in [0.2, 0.25) is 5.02 Å². The van der Waals surface area contributed by atoms with Gasteiger partial charge in [0, 0.05) is 17.6 Å². The molecule has 4 aromatic carbocycles. The monoisotopic (exact) mass is 751 g/mol. The third-order valence-electron chi connectivity index (χ3n) is 7.38. The van der Waals surface area contributed by atoms with E-state index in [1.54, 1.807) is 79.3 Å². The van der Waals surface area contributed by atoms with Crippen LogP contribution in [-0.2, 0) is 28.5 Å². The fourth-order valence-corrected chi connectivity index (χ4v) is 7.17. The molecule has 5 rings (SSSR count). The second kappa shape index (κ2) is 14.9. The molecular formula is C34H31BrClN5O6S. The number of halogens is 2. The summed E-state index contributed by atoms with van der Waals surface area (Å²) < 4.78 is 43.6. The van der Waals surface area contributed by atoms with E-state index in [0.29, 0.717) is 37.9 Å². The van der Waals surface area contributed by atoms with E-state index in [1.165, 1.54) is 30.1 Å². The highest BCUT2D eigenvalue weighted by molar-refractivity contribution is 9.10. The lowest BCUT2D eigenvalue weighted by Crippen LogP contribution is -2.42. The molecule has 248 valence electrons. The summed E-state index contributed by atoms with van der Waals surface area (Å²) >= 11 is 9.75. The largest absolute Gasteiger partial charge is 0.493 e. The van der Waals surface area contributed by atoms with E-state index < -0.39 is 28.0 Å². The van der Waals surface area contributed by atoms with E-state index in [2.05, 4.69) is 26.5 Å². The Morgan fingerprint density at radius 3 is 2.33 bits per heavy atom. The maximum atomic E-state index is 13.9. The van der Waals surface area contributed by atoms with Crippen molar-refractivity contribution in [2.75, 3.05) is 18.0 Å². The molecule has 0 atom stereocenters. The molecule has 0 saturated carbocycles. The van der Waals surface area contributed by atoms with E-state index in [9.17, 15) is 18.0 Å². The SMILES string of the molecule is COc1cc(/C=N\NC(=O)CN(c2c(C)n(C)n(-c3ccccc3)c2=O)S(=O)(=O)c2ccccc2)cc(Br)c1OCc1ccccc1Cl. The first-order valence-electron chi connectivity index (χ1n) is 14.5. The number of carbonyl (C=O) groups is 1. The third-order valence-corrected chi connectivity index (χ3v) is 10.1. The van der Waals surface area contributed by atoms with E-state index in [0.717, 1.165) is 9.87 Å². The maximum Gasteiger partial charge on any atom is 0.296 e. The summed E-state index contributed by atoms with van der Waals surface area (Å²) in [6, 6.07) is 27.1. The smallest absolute Gasteiger partial charge is 0.296 e. The Morgan fingerprint density at radius 1 is 1.02 bits per heavy atom. The van der Waals surface area contributed by atoms with Crippen molar-refractivity contribution in [3.8, 4) is 17.2 Å². The second-order valence-electron chi connectivity index (χ2n) is 10.4. The van der Waals surface area contributed by atoms with Crippen molar-refractivity contribution in [2.45, 2.75) is 18.4 Å². The number of sulfonamides is 1. The molecule has 1 aromatic heterocycles. The third kappa shape index (κ3) is 7.33. The van der Waals surface area contributed by atoms with E-state index in [4.69, 9.17) is 21.1 Å². The topological polar surface area (TPSA) is 124 Å². The zero-order valence-corrected chi connectivity index (χ0v) is 29.3. The number of anilines is 1. The number of nitrogens with zero attached hydrogens (tertiary/aromatic N) is 4. The zero-order valence-electron chi connectivity index (χ0n) is 26.1. The molecule has 0 bridgehead atoms. The molecule has 0 saturated heterocycles. The Balaban J connectivity index is 1.40. The van der Waals surface area contributed by atoms with Gasteiger partial charge in [-0.15, -0.1) is 0 Å². The Kier molecular flexibility index (Phi) is 10.7. The zero-order chi connectivity index (χ0) is 34.4. The molecule has 48 heavy (non-hydrogen) atoms. The Labute approximate surface area is 291 Å². The average Bonchev–Trinajstić information content (AvgIpc) is 3.30. The van der Waals surface area contributed by atoms with Gasteiger partial charge >= 0.3 is 0 Å². The summed E-state index contributed by atoms with van der Waals surface area (Å²) in [5, 5.41) is 4.62. The highest BCUT2D eigenvalue weighted by Gasteiger charge is 2.33. The van der Waals surface area contributed by atoms with Crippen molar-refractivity contribution >= 4 is 55.4 Å². The quantitative estimate of drug-likeness (QED) is 0.126. The van der Waals surface area contributed by atoms with Crippen molar-refractivity contribution < 1.29 is 22.7 Å². The first-order valence-corrected chi connectivity index (χ1v) is 17.1. The number of hydrogen-bond donors (Lipinski definition) is 1. The lowest BCUT2D eigenvalue weighted by molar-refractivity contribution is -0.119. The van der Waals surface area contributed by atoms with E-state index in [1.807, 2.05) is 24.3 Å². The van der Waals surface area contributed by atoms with Gasteiger partial charge in [0.15, 0.2) is 11.5 Å². The van der Waals surface area contributed by atoms with Crippen LogP contribution >= 0.6 is 27.5 Å². The molecule has 1 N–H and O–H groups in total. The Bertz CT molecular complexity index is 2140. The number of benzene rings is 4. The van der Waals surface area contributed by atoms with Crippen LogP contribution in [0.4, 0.5) is 5.69 Å². The van der Waals surface area contributed by atoms with Crippen LogP contribution in [0.3, 0.4) is 0 Å². The Hall–Kier alpha value is -4.85. The first-order chi connectivity index (χ1) is 23.0. The fourth-order valence-electron chi connectivity index (χ4n) is 4.91. The van der Waals surface area contributed by atoms with E-state index in [-0.39, 0.29) is 17.2 Å². The van der Waals surface area contributed by atoms with Crippen molar-refractivity contribution in [2.24, 2.45) is 12.1 Å². The van der Waals surface area contributed by atoms with Gasteiger partial charge in [0.05, 0.1) is 34.1 Å². The molecule has 14 heteroatoms. The van der Waals surface area contributed by atoms with Crippen LogP contribution in [0.15, 0.2) is 116 Å². The van der Waals surface area contributed by atoms with Crippen molar-refractivity contribution in [1.82, 2.24) is 14.8 Å². The lowest BCUT2D eigenvalue weighted by Gasteiger charge is -2.22. The molecular weight excluding hydrogens is 722 g/mol. The molecule has 5 aromatic rings. The summed E-state index contributed by atoms with van der Waals surface area (Å²) in [4.78, 5) is 27.0. The van der Waals surface area contributed by atoms with Gasteiger partial charge in [-0.05, 0) is 70.9 Å². The molecule has 1 heterocycles. The predicted octanol–water partition coefficient (Wildman–Crippen LogP) is 5.83. The summed E-state index contributed by atoms with van der Waals surface area (Å²) in [6.07, 6.45) is 1.37. The highest BCUT2D eigenvalue weighted by atomic mass is 79.9. The van der Waals surface area contributed by atoms with Gasteiger partial charge < -0.3 is 9.47 Å². The molecule has 0 aliphatic carbocycles. The number of carbonyl (C=O) groups excluding carboxylic acids is 1. The second-order valence-corrected chi connectivity index (χ2v) is 13.6. The van der Waals surface area contributed by atoms with Crippen LogP contribution in [-0.4, -0.2) is 43.6 Å². The summed E-state index contributed by atoms with van der Waals surface area (Å²) in [6.45, 7) is 1.11. The minimum absolute atomic E-state index is 0.0796. The van der Waals surface area contributed by atoms with Gasteiger partial charge in [0.2, 0.25) is 0 Å². The molecule has 0 unspecified atom stereocenters. The van der Waals surface area contributed by atoms with Crippen LogP contribution in [0.25, 0.3) is 5.69 Å². The highest BCUT2D eigenvalue weighted by Crippen LogP contribution is 2.37. The average molecular weight is 753 g/mol. The molecule has 0 aliphatic rings. The molecule has 0 radical (unpaired) electrons. The van der Waals surface area contributed by atoms with Crippen LogP contribution in [0.5, 0.6) is 11.5 Å². The summed E-state index contributed by atoms with van der Waals surface area (Å²) in [5.74, 6) is 0.0729. The van der Waals surface area contributed by atoms with Gasteiger partial charge in [-0.2, -0.15) is 5.10 Å². The number of ether oxygens (including phenoxy) is 2. The van der Waals surface area contributed by atoms with Crippen molar-refractivity contribution in [3.05, 3.63) is 134 Å². The van der Waals surface area contributed by atoms with Gasteiger partial charge in [-0.3, -0.25) is 14.3 Å². The molecule has 11 nitrogen and oxygen atoms in total. The minimum atomic E-state index is -4.36. The minimum Gasteiger partial charge on any atom is -0.493 e. The normalized spacial score (nSPS) is 11.4. The number of hydrazone groups is 1. The van der Waals surface area contributed by atoms with Gasteiger partial charge in [0.25, 0.3) is 21.5 Å². The van der Waals surface area contributed by atoms with Crippen LogP contribution in [0.1, 0.15) is 16.8 Å². The number of rotatable bonds is 12. The van der Waals surface area contributed by atoms with E-state index >= 15 is 0 Å². The number of aromatic nitrogens is 2. The maximum absolute atomic E-state index is 13.9. The van der Waals surface area contributed by atoms with Crippen molar-refractivity contribution in [1.29, 1.82) is 0 Å². The summed E-state index contributed by atoms with van der Waals surface area (Å²) in [7, 11) is -1.22. The molecule has 0 fully saturated rings. The fraction of sp³-hybridized carbons (Fsp3) is 0.147. The lowest BCUT2D eigenvalue weighted by atomic mass is 10.2. The number of amides is 1.